The number of nitrogens with two attached hydrogens (primary N) is 1. The molecule has 3 N–H and O–H groups in total. The van der Waals surface area contributed by atoms with Crippen molar-refractivity contribution in [2.24, 2.45) is 10.7 Å². The van der Waals surface area contributed by atoms with Crippen molar-refractivity contribution in [2.75, 3.05) is 26.2 Å². The molecule has 118 valence electrons. The number of hydrogen-bond acceptors (Lipinski definition) is 2. The predicted octanol–water partition coefficient (Wildman–Crippen LogP) is 2.10. The Labute approximate surface area is 139 Å². The number of unbranched alkanes of at least 4 members (excludes halogenated alkanes) is 3. The highest BCUT2D eigenvalue weighted by atomic mass is 127. The van der Waals surface area contributed by atoms with Crippen molar-refractivity contribution in [3.63, 3.8) is 0 Å². The van der Waals surface area contributed by atoms with Crippen LogP contribution in [0.5, 0.6) is 0 Å². The molecule has 1 aliphatic rings. The van der Waals surface area contributed by atoms with E-state index in [9.17, 15) is 4.79 Å². The number of halogens is 1. The molecule has 5 nitrogen and oxygen atoms in total. The first-order valence-corrected chi connectivity index (χ1v) is 7.55. The third-order valence-electron chi connectivity index (χ3n) is 3.43. The minimum atomic E-state index is 0. The van der Waals surface area contributed by atoms with Crippen LogP contribution < -0.4 is 11.1 Å². The van der Waals surface area contributed by atoms with Gasteiger partial charge in [-0.2, -0.15) is 0 Å². The highest BCUT2D eigenvalue weighted by Gasteiger charge is 2.15. The number of rotatable bonds is 7. The number of carbonyl (C=O) groups is 1. The van der Waals surface area contributed by atoms with Crippen LogP contribution in [0.25, 0.3) is 0 Å². The molecule has 0 unspecified atom stereocenters. The highest BCUT2D eigenvalue weighted by Crippen LogP contribution is 2.08. The molecule has 0 radical (unpaired) electrons. The van der Waals surface area contributed by atoms with Gasteiger partial charge in [0, 0.05) is 19.6 Å². The molecule has 0 aromatic rings. The second-order valence-corrected chi connectivity index (χ2v) is 5.13. The van der Waals surface area contributed by atoms with Crippen LogP contribution in [0, 0.1) is 0 Å². The summed E-state index contributed by atoms with van der Waals surface area (Å²) in [6, 6.07) is 0. The zero-order valence-corrected chi connectivity index (χ0v) is 14.9. The third-order valence-corrected chi connectivity index (χ3v) is 3.43. The second kappa shape index (κ2) is 12.2. The molecule has 0 atom stereocenters. The topological polar surface area (TPSA) is 70.7 Å². The Bertz CT molecular complexity index is 291. The first kappa shape index (κ1) is 19.5. The molecule has 1 amide bonds. The lowest BCUT2D eigenvalue weighted by Gasteiger charge is -2.26. The van der Waals surface area contributed by atoms with Gasteiger partial charge in [0.15, 0.2) is 5.96 Å². The van der Waals surface area contributed by atoms with Gasteiger partial charge in [-0.3, -0.25) is 4.79 Å². The average molecular weight is 396 g/mol. The molecule has 20 heavy (non-hydrogen) atoms. The summed E-state index contributed by atoms with van der Waals surface area (Å²) in [5.41, 5.74) is 5.73. The van der Waals surface area contributed by atoms with Crippen LogP contribution in [0.2, 0.25) is 0 Å². The summed E-state index contributed by atoms with van der Waals surface area (Å²) in [5, 5.41) is 3.06. The van der Waals surface area contributed by atoms with Gasteiger partial charge < -0.3 is 16.0 Å². The van der Waals surface area contributed by atoms with Gasteiger partial charge in [0.2, 0.25) is 5.91 Å². The largest absolute Gasteiger partial charge is 0.370 e. The molecule has 1 heterocycles. The van der Waals surface area contributed by atoms with Crippen molar-refractivity contribution in [3.8, 4) is 0 Å². The summed E-state index contributed by atoms with van der Waals surface area (Å²) in [6.07, 6.45) is 8.25. The van der Waals surface area contributed by atoms with Crippen LogP contribution in [-0.4, -0.2) is 42.9 Å². The quantitative estimate of drug-likeness (QED) is 0.300. The van der Waals surface area contributed by atoms with Crippen LogP contribution in [0.3, 0.4) is 0 Å². The Hall–Kier alpha value is -0.530. The summed E-state index contributed by atoms with van der Waals surface area (Å²) < 4.78 is 0. The van der Waals surface area contributed by atoms with Crippen LogP contribution in [0.15, 0.2) is 4.99 Å². The molecule has 1 fully saturated rings. The Morgan fingerprint density at radius 2 is 1.90 bits per heavy atom. The summed E-state index contributed by atoms with van der Waals surface area (Å²) in [7, 11) is 0. The van der Waals surface area contributed by atoms with Crippen LogP contribution in [-0.2, 0) is 4.79 Å². The Balaban J connectivity index is 0.00000361. The lowest BCUT2D eigenvalue weighted by molar-refractivity contribution is -0.130. The molecule has 0 aliphatic carbocycles. The fourth-order valence-electron chi connectivity index (χ4n) is 2.22. The van der Waals surface area contributed by atoms with Gasteiger partial charge in [-0.05, 0) is 25.7 Å². The molecular formula is C14H29IN4O. The number of hydrogen-bond donors (Lipinski definition) is 2. The van der Waals surface area contributed by atoms with Crippen LogP contribution in [0.4, 0.5) is 0 Å². The standard InChI is InChI=1S/C14H28N4O.HI/c1-2-3-4-6-9-16-14(15)17-12-13(19)18-10-7-5-8-11-18;/h2-12H2,1H3,(H3,15,16,17);1H. The molecule has 1 aliphatic heterocycles. The lowest BCUT2D eigenvalue weighted by Crippen LogP contribution is -2.38. The molecule has 6 heteroatoms. The number of likely N-dealkylation sites (tertiary alicyclic amines) is 1. The van der Waals surface area contributed by atoms with Gasteiger partial charge in [-0.1, -0.05) is 26.2 Å². The maximum atomic E-state index is 11.9. The maximum Gasteiger partial charge on any atom is 0.244 e. The SMILES string of the molecule is CCCCCCNC(N)=NCC(=O)N1CCCCC1.I. The van der Waals surface area contributed by atoms with E-state index in [0.29, 0.717) is 5.96 Å². The number of carbonyl (C=O) groups excluding carboxylic acids is 1. The summed E-state index contributed by atoms with van der Waals surface area (Å²) in [4.78, 5) is 17.9. The minimum Gasteiger partial charge on any atom is -0.370 e. The van der Waals surface area contributed by atoms with Crippen molar-refractivity contribution in [1.82, 2.24) is 10.2 Å². The van der Waals surface area contributed by atoms with Gasteiger partial charge in [-0.25, -0.2) is 4.99 Å². The van der Waals surface area contributed by atoms with Crippen molar-refractivity contribution in [3.05, 3.63) is 0 Å². The Morgan fingerprint density at radius 3 is 2.55 bits per heavy atom. The van der Waals surface area contributed by atoms with E-state index in [1.54, 1.807) is 0 Å². The fraction of sp³-hybridized carbons (Fsp3) is 0.857. The molecule has 0 bridgehead atoms. The first-order valence-electron chi connectivity index (χ1n) is 7.55. The molecule has 0 aromatic carbocycles. The van der Waals surface area contributed by atoms with Gasteiger partial charge in [0.25, 0.3) is 0 Å². The molecular weight excluding hydrogens is 367 g/mol. The zero-order chi connectivity index (χ0) is 13.9. The fourth-order valence-corrected chi connectivity index (χ4v) is 2.22. The molecule has 1 rings (SSSR count). The summed E-state index contributed by atoms with van der Waals surface area (Å²) >= 11 is 0. The van der Waals surface area contributed by atoms with E-state index in [1.165, 1.54) is 25.7 Å². The molecule has 1 saturated heterocycles. The van der Waals surface area contributed by atoms with Crippen molar-refractivity contribution >= 4 is 35.8 Å². The second-order valence-electron chi connectivity index (χ2n) is 5.13. The van der Waals surface area contributed by atoms with E-state index < -0.39 is 0 Å². The molecule has 0 aromatic heterocycles. The van der Waals surface area contributed by atoms with Gasteiger partial charge >= 0.3 is 0 Å². The molecule has 0 spiro atoms. The van der Waals surface area contributed by atoms with E-state index in [1.807, 2.05) is 4.90 Å². The number of nitrogens with one attached hydrogen (secondary N) is 1. The maximum absolute atomic E-state index is 11.9. The van der Waals surface area contributed by atoms with E-state index in [0.717, 1.165) is 38.9 Å². The Kier molecular flexibility index (Phi) is 11.9. The van der Waals surface area contributed by atoms with Crippen LogP contribution >= 0.6 is 24.0 Å². The monoisotopic (exact) mass is 396 g/mol. The smallest absolute Gasteiger partial charge is 0.244 e. The van der Waals surface area contributed by atoms with Crippen molar-refractivity contribution in [2.45, 2.75) is 51.9 Å². The summed E-state index contributed by atoms with van der Waals surface area (Å²) in [6.45, 7) is 4.95. The number of nitrogens with zero attached hydrogens (tertiary/aromatic N) is 2. The van der Waals surface area contributed by atoms with E-state index in [4.69, 9.17) is 5.73 Å². The zero-order valence-electron chi connectivity index (χ0n) is 12.6. The van der Waals surface area contributed by atoms with Crippen LogP contribution in [0.1, 0.15) is 51.9 Å². The average Bonchev–Trinajstić information content (AvgIpc) is 2.45. The predicted molar refractivity (Wildman–Crippen MR) is 94.5 cm³/mol. The number of amides is 1. The third kappa shape index (κ3) is 8.60. The van der Waals surface area contributed by atoms with Crippen molar-refractivity contribution < 1.29 is 4.79 Å². The van der Waals surface area contributed by atoms with E-state index >= 15 is 0 Å². The van der Waals surface area contributed by atoms with E-state index in [-0.39, 0.29) is 36.4 Å². The van der Waals surface area contributed by atoms with Gasteiger partial charge in [0.05, 0.1) is 0 Å². The normalized spacial score (nSPS) is 15.7. The van der Waals surface area contributed by atoms with Crippen molar-refractivity contribution in [1.29, 1.82) is 0 Å². The van der Waals surface area contributed by atoms with Gasteiger partial charge in [-0.15, -0.1) is 24.0 Å². The minimum absolute atomic E-state index is 0. The number of guanidine groups is 1. The summed E-state index contributed by atoms with van der Waals surface area (Å²) in [5.74, 6) is 0.484. The number of aliphatic imine (C=N–C) groups is 1. The van der Waals surface area contributed by atoms with E-state index in [2.05, 4.69) is 17.2 Å². The first-order chi connectivity index (χ1) is 9.24. The molecule has 0 saturated carbocycles. The number of piperidine rings is 1. The lowest BCUT2D eigenvalue weighted by atomic mass is 10.1. The Morgan fingerprint density at radius 1 is 1.20 bits per heavy atom. The highest BCUT2D eigenvalue weighted by molar-refractivity contribution is 14.0. The van der Waals surface area contributed by atoms with Gasteiger partial charge in [0.1, 0.15) is 6.54 Å².